The molecule has 2 heterocycles. The number of carbonyl (C=O) groups is 8. The molecular formula is C41H52N12O12. The molecule has 24 nitrogen and oxygen atoms in total. The maximum Gasteiger partial charge on any atom is 0.408 e. The zero-order valence-electron chi connectivity index (χ0n) is 35.8. The monoisotopic (exact) mass is 904 g/mol. The van der Waals surface area contributed by atoms with Crippen molar-refractivity contribution in [2.75, 3.05) is 33.9 Å². The van der Waals surface area contributed by atoms with Gasteiger partial charge in [-0.1, -0.05) is 71.1 Å². The molecular weight excluding hydrogens is 853 g/mol. The second-order valence-electron chi connectivity index (χ2n) is 14.2. The number of amides is 5. The molecule has 4 rings (SSSR count). The van der Waals surface area contributed by atoms with Crippen molar-refractivity contribution < 1.29 is 57.3 Å². The van der Waals surface area contributed by atoms with Crippen molar-refractivity contribution in [1.29, 1.82) is 0 Å². The summed E-state index contributed by atoms with van der Waals surface area (Å²) in [5, 5.41) is 27.9. The number of alkyl carbamates (subject to hydrolysis) is 1. The van der Waals surface area contributed by atoms with Crippen LogP contribution in [0.4, 0.5) is 4.79 Å². The number of nitrogens with two attached hydrogens (primary N) is 1. The lowest BCUT2D eigenvalue weighted by atomic mass is 10.1. The first-order chi connectivity index (χ1) is 31.3. The number of hydrogen-bond donors (Lipinski definition) is 6. The van der Waals surface area contributed by atoms with Gasteiger partial charge >= 0.3 is 24.0 Å². The van der Waals surface area contributed by atoms with E-state index in [0.29, 0.717) is 31.4 Å². The van der Waals surface area contributed by atoms with Gasteiger partial charge in [-0.3, -0.25) is 24.0 Å². The van der Waals surface area contributed by atoms with E-state index in [1.807, 2.05) is 30.3 Å². The molecule has 24 heteroatoms. The molecule has 65 heavy (non-hydrogen) atoms. The number of benzene rings is 2. The van der Waals surface area contributed by atoms with E-state index in [1.165, 1.54) is 36.0 Å². The highest BCUT2D eigenvalue weighted by Gasteiger charge is 2.25. The van der Waals surface area contributed by atoms with E-state index in [1.54, 1.807) is 30.3 Å². The van der Waals surface area contributed by atoms with Gasteiger partial charge in [-0.05, 0) is 36.9 Å². The van der Waals surface area contributed by atoms with Gasteiger partial charge in [0, 0.05) is 12.8 Å². The Labute approximate surface area is 372 Å². The van der Waals surface area contributed by atoms with Crippen LogP contribution in [0.3, 0.4) is 0 Å². The zero-order valence-corrected chi connectivity index (χ0v) is 35.8. The molecule has 7 N–H and O–H groups in total. The average molecular weight is 905 g/mol. The van der Waals surface area contributed by atoms with Gasteiger partial charge in [-0.25, -0.2) is 23.7 Å². The Morgan fingerprint density at radius 3 is 1.69 bits per heavy atom. The minimum atomic E-state index is -1.20. The number of rotatable bonds is 26. The number of methoxy groups -OCH3 is 2. The molecule has 0 spiro atoms. The highest BCUT2D eigenvalue weighted by Crippen LogP contribution is 2.08. The normalized spacial score (nSPS) is 12.0. The molecule has 2 aromatic heterocycles. The van der Waals surface area contributed by atoms with Crippen molar-refractivity contribution in [1.82, 2.24) is 56.6 Å². The highest BCUT2D eigenvalue weighted by molar-refractivity contribution is 5.90. The number of nitrogens with one attached hydrogen (secondary N) is 5. The Morgan fingerprint density at radius 1 is 0.615 bits per heavy atom. The molecule has 3 atom stereocenters. The SMILES string of the molecule is COC(=O)[C@H](CCCCN)NC(=O)Cn1cc(COC(=O)N[C@@H](Cc2ccccc2)C(=O)NCC(=O)NCC(=O)OCc2cn(CC(=O)N[C@@H](Cc3ccccc3)C(=O)OC)nn2)nn1. The first kappa shape index (κ1) is 49.9. The molecule has 0 aliphatic rings. The number of hydrogen-bond acceptors (Lipinski definition) is 17. The first-order valence-corrected chi connectivity index (χ1v) is 20.3. The number of nitrogens with zero attached hydrogens (tertiary/aromatic N) is 6. The van der Waals surface area contributed by atoms with Crippen molar-refractivity contribution in [2.24, 2.45) is 5.73 Å². The van der Waals surface area contributed by atoms with Crippen LogP contribution in [0.25, 0.3) is 0 Å². The maximum absolute atomic E-state index is 13.2. The topological polar surface area (TPSA) is 321 Å². The number of esters is 3. The molecule has 0 radical (unpaired) electrons. The van der Waals surface area contributed by atoms with Gasteiger partial charge in [0.2, 0.25) is 23.6 Å². The van der Waals surface area contributed by atoms with Gasteiger partial charge in [-0.2, -0.15) is 0 Å². The van der Waals surface area contributed by atoms with Crippen LogP contribution in [0.2, 0.25) is 0 Å². The van der Waals surface area contributed by atoms with Gasteiger partial charge in [0.25, 0.3) is 0 Å². The Balaban J connectivity index is 1.19. The molecule has 0 saturated heterocycles. The standard InChI is InChI=1S/C41H52N12O12/c1-62-39(59)31(15-9-10-16-42)45-35(55)23-53-22-30(49-51-53)26-65-41(61)47-32(17-27-11-5-3-6-12-27)38(58)44-19-34(54)43-20-37(57)64-25-29-21-52(50-48-29)24-36(56)46-33(40(60)63-2)18-28-13-7-4-8-14-28/h3-8,11-14,21-22,31-33H,9-10,15-20,23-26,42H2,1-2H3,(H,43,54)(H,44,58)(H,45,55)(H,46,56)(H,47,61)/t31-,32-,33-/m0/s1. The van der Waals surface area contributed by atoms with Crippen molar-refractivity contribution in [2.45, 2.75) is 76.5 Å². The molecule has 0 saturated carbocycles. The second-order valence-corrected chi connectivity index (χ2v) is 14.2. The maximum atomic E-state index is 13.2. The van der Waals surface area contributed by atoms with Gasteiger partial charge < -0.3 is 51.3 Å². The number of ether oxygens (including phenoxy) is 4. The molecule has 0 fully saturated rings. The van der Waals surface area contributed by atoms with Crippen molar-refractivity contribution >= 4 is 47.6 Å². The van der Waals surface area contributed by atoms with Gasteiger partial charge in [0.1, 0.15) is 62.4 Å². The molecule has 0 bridgehead atoms. The average Bonchev–Trinajstić information content (AvgIpc) is 3.96. The van der Waals surface area contributed by atoms with Crippen molar-refractivity contribution in [3.05, 3.63) is 95.6 Å². The minimum absolute atomic E-state index is 0.0252. The van der Waals surface area contributed by atoms with E-state index in [-0.39, 0.29) is 50.5 Å². The fourth-order valence-corrected chi connectivity index (χ4v) is 5.92. The van der Waals surface area contributed by atoms with Crippen LogP contribution in [-0.4, -0.2) is 130 Å². The van der Waals surface area contributed by atoms with Crippen LogP contribution in [0.1, 0.15) is 41.8 Å². The van der Waals surface area contributed by atoms with E-state index >= 15 is 0 Å². The second kappa shape index (κ2) is 26.7. The number of aromatic nitrogens is 6. The van der Waals surface area contributed by atoms with Crippen LogP contribution >= 0.6 is 0 Å². The third-order valence-corrected chi connectivity index (χ3v) is 9.13. The lowest BCUT2D eigenvalue weighted by Crippen LogP contribution is -2.50. The van der Waals surface area contributed by atoms with E-state index in [4.69, 9.17) is 24.7 Å². The minimum Gasteiger partial charge on any atom is -0.467 e. The predicted octanol–water partition coefficient (Wildman–Crippen LogP) is -1.63. The summed E-state index contributed by atoms with van der Waals surface area (Å²) < 4.78 is 22.3. The van der Waals surface area contributed by atoms with Crippen LogP contribution in [0.15, 0.2) is 73.1 Å². The van der Waals surface area contributed by atoms with E-state index in [0.717, 1.165) is 5.56 Å². The molecule has 0 aliphatic carbocycles. The van der Waals surface area contributed by atoms with Crippen LogP contribution in [0.5, 0.6) is 0 Å². The van der Waals surface area contributed by atoms with E-state index in [2.05, 4.69) is 47.2 Å². The molecule has 4 aromatic rings. The largest absolute Gasteiger partial charge is 0.467 e. The molecule has 0 unspecified atom stereocenters. The highest BCUT2D eigenvalue weighted by atomic mass is 16.6. The first-order valence-electron chi connectivity index (χ1n) is 20.3. The van der Waals surface area contributed by atoms with Crippen LogP contribution in [-0.2, 0) is 91.7 Å². The summed E-state index contributed by atoms with van der Waals surface area (Å²) in [6, 6.07) is 14.8. The molecule has 348 valence electrons. The number of unbranched alkanes of at least 4 members (excludes halogenated alkanes) is 1. The third-order valence-electron chi connectivity index (χ3n) is 9.13. The van der Waals surface area contributed by atoms with Gasteiger partial charge in [-0.15, -0.1) is 10.2 Å². The van der Waals surface area contributed by atoms with E-state index < -0.39 is 78.8 Å². The zero-order chi connectivity index (χ0) is 47.0. The Hall–Kier alpha value is -7.76. The fraction of sp³-hybridized carbons (Fsp3) is 0.415. The van der Waals surface area contributed by atoms with Crippen molar-refractivity contribution in [3.63, 3.8) is 0 Å². The summed E-state index contributed by atoms with van der Waals surface area (Å²) >= 11 is 0. The summed E-state index contributed by atoms with van der Waals surface area (Å²) in [6.07, 6.45) is 3.60. The molecule has 5 amide bonds. The third kappa shape index (κ3) is 18.2. The number of carbonyl (C=O) groups excluding carboxylic acids is 8. The lowest BCUT2D eigenvalue weighted by Gasteiger charge is -2.18. The summed E-state index contributed by atoms with van der Waals surface area (Å²) in [6.45, 7) is -1.96. The molecule has 2 aromatic carbocycles. The summed E-state index contributed by atoms with van der Waals surface area (Å²) in [5.41, 5.74) is 7.39. The summed E-state index contributed by atoms with van der Waals surface area (Å²) in [5.74, 6) is -4.59. The summed E-state index contributed by atoms with van der Waals surface area (Å²) in [7, 11) is 2.44. The quantitative estimate of drug-likeness (QED) is 0.0234. The van der Waals surface area contributed by atoms with Gasteiger partial charge in [0.05, 0.1) is 33.2 Å². The molecule has 0 aliphatic heterocycles. The van der Waals surface area contributed by atoms with Gasteiger partial charge in [0.15, 0.2) is 0 Å². The fourth-order valence-electron chi connectivity index (χ4n) is 5.92. The van der Waals surface area contributed by atoms with Crippen LogP contribution in [0, 0.1) is 0 Å². The Morgan fingerprint density at radius 2 is 1.14 bits per heavy atom. The van der Waals surface area contributed by atoms with E-state index in [9.17, 15) is 38.4 Å². The Kier molecular flexibility index (Phi) is 20.5. The van der Waals surface area contributed by atoms with Crippen molar-refractivity contribution in [3.8, 4) is 0 Å². The summed E-state index contributed by atoms with van der Waals surface area (Å²) in [4.78, 5) is 101. The predicted molar refractivity (Wildman–Crippen MR) is 224 cm³/mol. The van der Waals surface area contributed by atoms with Crippen LogP contribution < -0.4 is 32.3 Å². The smallest absolute Gasteiger partial charge is 0.408 e. The lowest BCUT2D eigenvalue weighted by molar-refractivity contribution is -0.145. The Bertz CT molecular complexity index is 2200.